The summed E-state index contributed by atoms with van der Waals surface area (Å²) in [7, 11) is 0. The van der Waals surface area contributed by atoms with Crippen molar-refractivity contribution in [1.29, 1.82) is 0 Å². The van der Waals surface area contributed by atoms with E-state index in [0.29, 0.717) is 0 Å². The van der Waals surface area contributed by atoms with Crippen LogP contribution in [0, 0.1) is 0 Å². The molecule has 0 aliphatic rings. The average Bonchev–Trinajstić information content (AvgIpc) is 2.10. The molecule has 0 aromatic heterocycles. The second kappa shape index (κ2) is 10.0. The Morgan fingerprint density at radius 3 is 2.67 bits per heavy atom. The van der Waals surface area contributed by atoms with Crippen molar-refractivity contribution < 1.29 is 4.74 Å². The normalized spacial score (nSPS) is 12.2. The fourth-order valence-corrected chi connectivity index (χ4v) is 0.693. The van der Waals surface area contributed by atoms with Gasteiger partial charge in [-0.1, -0.05) is 25.5 Å². The van der Waals surface area contributed by atoms with Gasteiger partial charge in [0.15, 0.2) is 0 Å². The van der Waals surface area contributed by atoms with E-state index in [4.69, 9.17) is 4.74 Å². The summed E-state index contributed by atoms with van der Waals surface area (Å²) in [6.45, 7) is 4.15. The molecule has 0 aromatic carbocycles. The predicted octanol–water partition coefficient (Wildman–Crippen LogP) is 3.80. The highest BCUT2D eigenvalue weighted by molar-refractivity contribution is 4.98. The molecule has 0 aliphatic carbocycles. The topological polar surface area (TPSA) is 9.23 Å². The molecular formula is C11H18O. The molecule has 0 aliphatic heterocycles. The summed E-state index contributed by atoms with van der Waals surface area (Å²) >= 11 is 0. The Balaban J connectivity index is 3.23. The molecule has 0 saturated heterocycles. The van der Waals surface area contributed by atoms with Gasteiger partial charge in [0, 0.05) is 0 Å². The van der Waals surface area contributed by atoms with E-state index in [0.717, 1.165) is 6.42 Å². The molecule has 0 atom stereocenters. The van der Waals surface area contributed by atoms with Crippen molar-refractivity contribution >= 4 is 0 Å². The smallest absolute Gasteiger partial charge is 0.0901 e. The first-order valence-corrected chi connectivity index (χ1v) is 4.50. The van der Waals surface area contributed by atoms with Gasteiger partial charge in [0.2, 0.25) is 0 Å². The molecule has 0 bridgehead atoms. The molecule has 0 heterocycles. The molecular weight excluding hydrogens is 148 g/mol. The van der Waals surface area contributed by atoms with Crippen LogP contribution in [0.4, 0.5) is 0 Å². The Morgan fingerprint density at radius 2 is 2.00 bits per heavy atom. The minimum atomic E-state index is 1.11. The van der Waals surface area contributed by atoms with Crippen LogP contribution < -0.4 is 0 Å². The standard InChI is InChI=1S/C11H18O/c1-3-5-7-9-11-12-10-8-6-4-2/h4,6,8-11H,3,5,7H2,1-2H3. The van der Waals surface area contributed by atoms with Crippen LogP contribution >= 0.6 is 0 Å². The lowest BCUT2D eigenvalue weighted by Crippen LogP contribution is -1.68. The maximum atomic E-state index is 5.07. The van der Waals surface area contributed by atoms with Gasteiger partial charge < -0.3 is 4.74 Å². The van der Waals surface area contributed by atoms with E-state index in [1.807, 2.05) is 31.2 Å². The second-order valence-corrected chi connectivity index (χ2v) is 2.50. The third-order valence-electron chi connectivity index (χ3n) is 1.36. The lowest BCUT2D eigenvalue weighted by atomic mass is 10.2. The van der Waals surface area contributed by atoms with Crippen molar-refractivity contribution in [1.82, 2.24) is 0 Å². The number of unbranched alkanes of at least 4 members (excludes halogenated alkanes) is 2. The van der Waals surface area contributed by atoms with Gasteiger partial charge in [0.25, 0.3) is 0 Å². The summed E-state index contributed by atoms with van der Waals surface area (Å²) in [6, 6.07) is 0. The first kappa shape index (κ1) is 11.0. The second-order valence-electron chi connectivity index (χ2n) is 2.50. The molecule has 0 radical (unpaired) electrons. The van der Waals surface area contributed by atoms with Gasteiger partial charge >= 0.3 is 0 Å². The molecule has 0 spiro atoms. The van der Waals surface area contributed by atoms with E-state index < -0.39 is 0 Å². The lowest BCUT2D eigenvalue weighted by molar-refractivity contribution is 0.400. The summed E-state index contributed by atoms with van der Waals surface area (Å²) < 4.78 is 5.07. The van der Waals surface area contributed by atoms with Crippen molar-refractivity contribution in [3.05, 3.63) is 36.8 Å². The zero-order valence-corrected chi connectivity index (χ0v) is 7.99. The average molecular weight is 166 g/mol. The fraction of sp³-hybridized carbons (Fsp3) is 0.455. The summed E-state index contributed by atoms with van der Waals surface area (Å²) in [4.78, 5) is 0. The highest BCUT2D eigenvalue weighted by Gasteiger charge is 1.76. The van der Waals surface area contributed by atoms with Crippen LogP contribution in [0.25, 0.3) is 0 Å². The maximum Gasteiger partial charge on any atom is 0.0901 e. The highest BCUT2D eigenvalue weighted by Crippen LogP contribution is 1.95. The lowest BCUT2D eigenvalue weighted by Gasteiger charge is -1.89. The third-order valence-corrected chi connectivity index (χ3v) is 1.36. The molecule has 0 rings (SSSR count). The molecule has 0 N–H and O–H groups in total. The number of hydrogen-bond acceptors (Lipinski definition) is 1. The summed E-state index contributed by atoms with van der Waals surface area (Å²) in [5.74, 6) is 0. The number of hydrogen-bond donors (Lipinski definition) is 0. The van der Waals surface area contributed by atoms with Crippen LogP contribution in [0.2, 0.25) is 0 Å². The number of ether oxygens (including phenoxy) is 1. The van der Waals surface area contributed by atoms with Gasteiger partial charge in [-0.25, -0.2) is 0 Å². The third kappa shape index (κ3) is 9.02. The van der Waals surface area contributed by atoms with Gasteiger partial charge in [-0.15, -0.1) is 0 Å². The van der Waals surface area contributed by atoms with Crippen LogP contribution in [-0.4, -0.2) is 0 Å². The first-order valence-electron chi connectivity index (χ1n) is 4.50. The molecule has 0 aromatic rings. The van der Waals surface area contributed by atoms with Crippen LogP contribution in [0.5, 0.6) is 0 Å². The molecule has 1 nitrogen and oxygen atoms in total. The Labute approximate surface area is 75.4 Å². The quantitative estimate of drug-likeness (QED) is 0.331. The molecule has 68 valence electrons. The Bertz CT molecular complexity index is 154. The molecule has 0 fully saturated rings. The maximum absolute atomic E-state index is 5.07. The monoisotopic (exact) mass is 166 g/mol. The SMILES string of the molecule is CC=CC=COC=CCCCC. The van der Waals surface area contributed by atoms with Crippen molar-refractivity contribution in [3.8, 4) is 0 Å². The van der Waals surface area contributed by atoms with Gasteiger partial charge in [-0.3, -0.25) is 0 Å². The zero-order valence-electron chi connectivity index (χ0n) is 7.99. The van der Waals surface area contributed by atoms with Crippen LogP contribution in [0.3, 0.4) is 0 Å². The van der Waals surface area contributed by atoms with Crippen molar-refractivity contribution in [2.24, 2.45) is 0 Å². The predicted molar refractivity (Wildman–Crippen MR) is 53.7 cm³/mol. The molecule has 0 unspecified atom stereocenters. The molecule has 12 heavy (non-hydrogen) atoms. The van der Waals surface area contributed by atoms with Crippen molar-refractivity contribution in [2.75, 3.05) is 0 Å². The van der Waals surface area contributed by atoms with Crippen LogP contribution in [0.1, 0.15) is 33.1 Å². The molecule has 0 saturated carbocycles. The first-order chi connectivity index (χ1) is 5.91. The van der Waals surface area contributed by atoms with Crippen molar-refractivity contribution in [2.45, 2.75) is 33.1 Å². The van der Waals surface area contributed by atoms with Gasteiger partial charge in [0.05, 0.1) is 12.5 Å². The van der Waals surface area contributed by atoms with Gasteiger partial charge in [-0.05, 0) is 31.9 Å². The van der Waals surface area contributed by atoms with Crippen LogP contribution in [0.15, 0.2) is 36.8 Å². The summed E-state index contributed by atoms with van der Waals surface area (Å²) in [6.07, 6.45) is 14.8. The van der Waals surface area contributed by atoms with E-state index in [1.54, 1.807) is 12.5 Å². The van der Waals surface area contributed by atoms with E-state index in [-0.39, 0.29) is 0 Å². The van der Waals surface area contributed by atoms with Crippen molar-refractivity contribution in [3.63, 3.8) is 0 Å². The zero-order chi connectivity index (χ0) is 9.07. The minimum Gasteiger partial charge on any atom is -0.473 e. The Kier molecular flexibility index (Phi) is 9.20. The minimum absolute atomic E-state index is 1.11. The van der Waals surface area contributed by atoms with Gasteiger partial charge in [0.1, 0.15) is 0 Å². The number of allylic oxidation sites excluding steroid dienone is 4. The van der Waals surface area contributed by atoms with E-state index in [1.165, 1.54) is 12.8 Å². The number of rotatable bonds is 6. The summed E-state index contributed by atoms with van der Waals surface area (Å²) in [5.41, 5.74) is 0. The van der Waals surface area contributed by atoms with E-state index in [2.05, 4.69) is 6.92 Å². The van der Waals surface area contributed by atoms with E-state index in [9.17, 15) is 0 Å². The highest BCUT2D eigenvalue weighted by atomic mass is 16.5. The summed E-state index contributed by atoms with van der Waals surface area (Å²) in [5, 5.41) is 0. The van der Waals surface area contributed by atoms with Crippen LogP contribution in [-0.2, 0) is 4.74 Å². The van der Waals surface area contributed by atoms with Gasteiger partial charge in [-0.2, -0.15) is 0 Å². The Hall–Kier alpha value is -0.980. The fourth-order valence-electron chi connectivity index (χ4n) is 0.693. The Morgan fingerprint density at radius 1 is 1.17 bits per heavy atom. The molecule has 1 heteroatoms. The largest absolute Gasteiger partial charge is 0.473 e. The molecule has 0 amide bonds. The van der Waals surface area contributed by atoms with E-state index >= 15 is 0 Å².